The number of nitriles is 1. The van der Waals surface area contributed by atoms with Crippen molar-refractivity contribution in [2.24, 2.45) is 0 Å². The minimum atomic E-state index is -4.57. The molecule has 1 aromatic carbocycles. The van der Waals surface area contributed by atoms with Crippen LogP contribution >= 0.6 is 27.7 Å². The van der Waals surface area contributed by atoms with E-state index < -0.39 is 28.1 Å². The molecule has 0 saturated carbocycles. The molecule has 1 aromatic rings. The van der Waals surface area contributed by atoms with Crippen LogP contribution in [0.5, 0.6) is 0 Å². The molecule has 8 heteroatoms. The Morgan fingerprint density at radius 1 is 1.47 bits per heavy atom. The molecule has 0 aromatic heterocycles. The Bertz CT molecular complexity index is 510. The second kappa shape index (κ2) is 4.98. The molecule has 90 valence electrons. The van der Waals surface area contributed by atoms with E-state index in [-0.39, 0.29) is 15.6 Å². The molecule has 3 nitrogen and oxygen atoms in total. The number of alkyl halides is 3. The van der Waals surface area contributed by atoms with E-state index in [2.05, 4.69) is 15.9 Å². The van der Waals surface area contributed by atoms with Crippen molar-refractivity contribution in [3.05, 3.63) is 27.7 Å². The number of carbonyl (C=O) groups is 1. The van der Waals surface area contributed by atoms with Gasteiger partial charge in [-0.1, -0.05) is 0 Å². The van der Waals surface area contributed by atoms with E-state index in [1.165, 1.54) is 0 Å². The van der Waals surface area contributed by atoms with E-state index >= 15 is 0 Å². The van der Waals surface area contributed by atoms with Crippen molar-refractivity contribution in [3.8, 4) is 6.07 Å². The third-order valence-corrected chi connectivity index (χ3v) is 3.09. The Balaban J connectivity index is 3.33. The van der Waals surface area contributed by atoms with Gasteiger partial charge in [0.15, 0.2) is 0 Å². The molecular weight excluding hydrogens is 323 g/mol. The Morgan fingerprint density at radius 2 is 2.06 bits per heavy atom. The van der Waals surface area contributed by atoms with Gasteiger partial charge in [-0.05, 0) is 39.8 Å². The molecule has 0 heterocycles. The van der Waals surface area contributed by atoms with Crippen molar-refractivity contribution >= 4 is 33.7 Å². The highest BCUT2D eigenvalue weighted by atomic mass is 79.9. The number of hydrogen-bond donors (Lipinski definition) is 1. The second-order valence-electron chi connectivity index (χ2n) is 2.79. The summed E-state index contributed by atoms with van der Waals surface area (Å²) in [4.78, 5) is 10.3. The summed E-state index contributed by atoms with van der Waals surface area (Å²) < 4.78 is 36.6. The molecule has 0 unspecified atom stereocenters. The lowest BCUT2D eigenvalue weighted by Gasteiger charge is -2.09. The Labute approximate surface area is 106 Å². The quantitative estimate of drug-likeness (QED) is 0.843. The predicted octanol–water partition coefficient (Wildman–Crippen LogP) is 3.63. The highest BCUT2D eigenvalue weighted by Crippen LogP contribution is 2.40. The summed E-state index contributed by atoms with van der Waals surface area (Å²) >= 11 is 2.37. The van der Waals surface area contributed by atoms with Crippen LogP contribution in [0.3, 0.4) is 0 Å². The van der Waals surface area contributed by atoms with E-state index in [1.807, 2.05) is 0 Å². The fraction of sp³-hybridized carbons (Fsp3) is 0.111. The van der Waals surface area contributed by atoms with E-state index in [1.54, 1.807) is 6.07 Å². The van der Waals surface area contributed by atoms with Crippen LogP contribution < -0.4 is 0 Å². The van der Waals surface area contributed by atoms with Gasteiger partial charge >= 0.3 is 11.5 Å². The molecular formula is C9H3BrF3NO2S. The van der Waals surface area contributed by atoms with Gasteiger partial charge in [0.25, 0.3) is 0 Å². The van der Waals surface area contributed by atoms with Crippen molar-refractivity contribution in [1.29, 1.82) is 5.26 Å². The van der Waals surface area contributed by atoms with Gasteiger partial charge in [0, 0.05) is 9.37 Å². The van der Waals surface area contributed by atoms with Gasteiger partial charge in [0.05, 0.1) is 11.1 Å². The summed E-state index contributed by atoms with van der Waals surface area (Å²) in [5.41, 5.74) is -5.13. The summed E-state index contributed by atoms with van der Waals surface area (Å²) in [6.07, 6.45) is 0. The van der Waals surface area contributed by atoms with E-state index in [0.29, 0.717) is 0 Å². The van der Waals surface area contributed by atoms with Gasteiger partial charge in [0.2, 0.25) is 0 Å². The van der Waals surface area contributed by atoms with Gasteiger partial charge < -0.3 is 5.11 Å². The number of nitrogens with zero attached hydrogens (tertiary/aromatic N) is 1. The number of carboxylic acid groups (broad SMARTS) is 1. The first-order chi connectivity index (χ1) is 7.74. The molecule has 0 radical (unpaired) electrons. The number of carboxylic acids is 1. The second-order valence-corrected chi connectivity index (χ2v) is 4.75. The monoisotopic (exact) mass is 325 g/mol. The molecule has 0 bridgehead atoms. The highest BCUT2D eigenvalue weighted by molar-refractivity contribution is 9.10. The minimum absolute atomic E-state index is 0.0630. The topological polar surface area (TPSA) is 61.1 Å². The van der Waals surface area contributed by atoms with Crippen LogP contribution in [0.4, 0.5) is 13.2 Å². The number of thioether (sulfide) groups is 1. The Kier molecular flexibility index (Phi) is 4.06. The minimum Gasteiger partial charge on any atom is -0.478 e. The molecule has 0 aliphatic carbocycles. The molecule has 0 atom stereocenters. The molecule has 1 rings (SSSR count). The van der Waals surface area contributed by atoms with Crippen LogP contribution in [0.2, 0.25) is 0 Å². The number of halogens is 4. The van der Waals surface area contributed by atoms with Gasteiger partial charge in [0.1, 0.15) is 6.07 Å². The number of hydrogen-bond acceptors (Lipinski definition) is 3. The van der Waals surface area contributed by atoms with E-state index in [4.69, 9.17) is 10.4 Å². The summed E-state index contributed by atoms with van der Waals surface area (Å²) in [6.45, 7) is 0. The SMILES string of the molecule is N#Cc1cc(Br)c(C(=O)O)cc1SC(F)(F)F. The summed E-state index contributed by atoms with van der Waals surface area (Å²) in [6, 6.07) is 3.46. The summed E-state index contributed by atoms with van der Waals surface area (Å²) in [5, 5.41) is 17.4. The lowest BCUT2D eigenvalue weighted by Crippen LogP contribution is -2.03. The normalized spacial score (nSPS) is 11.0. The maximum atomic E-state index is 12.2. The highest BCUT2D eigenvalue weighted by Gasteiger charge is 2.31. The molecule has 17 heavy (non-hydrogen) atoms. The third-order valence-electron chi connectivity index (χ3n) is 1.65. The zero-order valence-corrected chi connectivity index (χ0v) is 10.3. The zero-order valence-electron chi connectivity index (χ0n) is 7.88. The Morgan fingerprint density at radius 3 is 2.47 bits per heavy atom. The molecule has 0 aliphatic heterocycles. The van der Waals surface area contributed by atoms with Gasteiger partial charge in [-0.3, -0.25) is 0 Å². The van der Waals surface area contributed by atoms with Crippen LogP contribution in [0.1, 0.15) is 15.9 Å². The van der Waals surface area contributed by atoms with E-state index in [0.717, 1.165) is 12.1 Å². The van der Waals surface area contributed by atoms with Crippen LogP contribution in [0, 0.1) is 11.3 Å². The van der Waals surface area contributed by atoms with Crippen molar-refractivity contribution in [2.45, 2.75) is 10.4 Å². The fourth-order valence-electron chi connectivity index (χ4n) is 1.01. The number of rotatable bonds is 2. The standard InChI is InChI=1S/C9H3BrF3NO2S/c10-6-1-4(3-14)7(17-9(11,12)13)2-5(6)8(15)16/h1-2H,(H,15,16). The predicted molar refractivity (Wildman–Crippen MR) is 57.7 cm³/mol. The Hall–Kier alpha value is -1.20. The first kappa shape index (κ1) is 13.9. The van der Waals surface area contributed by atoms with Gasteiger partial charge in [-0.2, -0.15) is 18.4 Å². The average molecular weight is 326 g/mol. The molecule has 0 aliphatic rings. The zero-order chi connectivity index (χ0) is 13.2. The molecule has 1 N–H and O–H groups in total. The van der Waals surface area contributed by atoms with Crippen molar-refractivity contribution < 1.29 is 23.1 Å². The van der Waals surface area contributed by atoms with Crippen LogP contribution in [0.25, 0.3) is 0 Å². The molecule has 0 fully saturated rings. The molecule has 0 saturated heterocycles. The molecule has 0 amide bonds. The number of aromatic carboxylic acids is 1. The first-order valence-corrected chi connectivity index (χ1v) is 5.58. The fourth-order valence-corrected chi connectivity index (χ4v) is 2.17. The van der Waals surface area contributed by atoms with Crippen LogP contribution in [0.15, 0.2) is 21.5 Å². The summed E-state index contributed by atoms with van der Waals surface area (Å²) in [5.74, 6) is -1.37. The van der Waals surface area contributed by atoms with E-state index in [9.17, 15) is 18.0 Å². The maximum Gasteiger partial charge on any atom is 0.446 e. The smallest absolute Gasteiger partial charge is 0.446 e. The van der Waals surface area contributed by atoms with Crippen molar-refractivity contribution in [1.82, 2.24) is 0 Å². The lowest BCUT2D eigenvalue weighted by molar-refractivity contribution is -0.0328. The van der Waals surface area contributed by atoms with Crippen LogP contribution in [-0.4, -0.2) is 16.6 Å². The number of benzene rings is 1. The maximum absolute atomic E-state index is 12.2. The van der Waals surface area contributed by atoms with Crippen LogP contribution in [-0.2, 0) is 0 Å². The largest absolute Gasteiger partial charge is 0.478 e. The van der Waals surface area contributed by atoms with Crippen molar-refractivity contribution in [2.75, 3.05) is 0 Å². The molecule has 0 spiro atoms. The third kappa shape index (κ3) is 3.64. The first-order valence-electron chi connectivity index (χ1n) is 3.97. The van der Waals surface area contributed by atoms with Gasteiger partial charge in [-0.25, -0.2) is 4.79 Å². The van der Waals surface area contributed by atoms with Crippen molar-refractivity contribution in [3.63, 3.8) is 0 Å². The van der Waals surface area contributed by atoms with Gasteiger partial charge in [-0.15, -0.1) is 0 Å². The lowest BCUT2D eigenvalue weighted by atomic mass is 10.1. The average Bonchev–Trinajstić information content (AvgIpc) is 2.17. The summed E-state index contributed by atoms with van der Waals surface area (Å²) in [7, 11) is 0.